The van der Waals surface area contributed by atoms with Gasteiger partial charge >= 0.3 is 0 Å². The lowest BCUT2D eigenvalue weighted by molar-refractivity contribution is -0.0591. The van der Waals surface area contributed by atoms with Crippen molar-refractivity contribution in [2.75, 3.05) is 6.61 Å². The molecule has 0 amide bonds. The van der Waals surface area contributed by atoms with E-state index in [1.54, 1.807) is 0 Å². The summed E-state index contributed by atoms with van der Waals surface area (Å²) in [5.74, 6) is 0.197. The number of aliphatic hydroxyl groups is 4. The maximum absolute atomic E-state index is 9.72. The van der Waals surface area contributed by atoms with Crippen molar-refractivity contribution in [1.29, 1.82) is 0 Å². The van der Waals surface area contributed by atoms with Gasteiger partial charge in [0.15, 0.2) is 12.1 Å². The summed E-state index contributed by atoms with van der Waals surface area (Å²) in [6.45, 7) is 1.11. The first kappa shape index (κ1) is 12.4. The molecule has 0 bridgehead atoms. The molecule has 2 rings (SSSR count). The minimum atomic E-state index is -1.20. The Morgan fingerprint density at radius 3 is 2.65 bits per heavy atom. The predicted octanol–water partition coefficient (Wildman–Crippen LogP) is -2.06. The third-order valence-corrected chi connectivity index (χ3v) is 2.68. The molecule has 5 atom stereocenters. The van der Waals surface area contributed by atoms with Crippen LogP contribution < -0.4 is 0 Å². The summed E-state index contributed by atoms with van der Waals surface area (Å²) in [6, 6.07) is 0. The predicted molar refractivity (Wildman–Crippen MR) is 53.7 cm³/mol. The van der Waals surface area contributed by atoms with E-state index in [0.717, 1.165) is 0 Å². The smallest absolute Gasteiger partial charge is 0.180 e. The first-order valence-corrected chi connectivity index (χ1v) is 5.26. The van der Waals surface area contributed by atoms with Crippen LogP contribution in [0, 0.1) is 0 Å². The highest BCUT2D eigenvalue weighted by Gasteiger charge is 2.43. The zero-order valence-corrected chi connectivity index (χ0v) is 9.21. The van der Waals surface area contributed by atoms with Crippen LogP contribution >= 0.6 is 0 Å². The first-order valence-electron chi connectivity index (χ1n) is 5.26. The lowest BCUT2D eigenvalue weighted by atomic mass is 10.1. The fourth-order valence-corrected chi connectivity index (χ4v) is 1.70. The number of aliphatic hydroxyl groups excluding tert-OH is 4. The highest BCUT2D eigenvalue weighted by molar-refractivity contribution is 4.91. The molecule has 0 saturated carbocycles. The second-order valence-corrected chi connectivity index (χ2v) is 3.99. The third kappa shape index (κ3) is 2.17. The van der Waals surface area contributed by atoms with Gasteiger partial charge in [0.05, 0.1) is 6.61 Å². The zero-order valence-electron chi connectivity index (χ0n) is 9.21. The molecule has 8 heteroatoms. The average Bonchev–Trinajstić information content (AvgIpc) is 2.87. The molecule has 0 aliphatic carbocycles. The van der Waals surface area contributed by atoms with Gasteiger partial charge in [-0.15, -0.1) is 0 Å². The molecular formula is C9H15N3O5. The van der Waals surface area contributed by atoms with E-state index >= 15 is 0 Å². The Balaban J connectivity index is 2.17. The molecule has 8 nitrogen and oxygen atoms in total. The summed E-state index contributed by atoms with van der Waals surface area (Å²) in [5.41, 5.74) is 0. The van der Waals surface area contributed by atoms with E-state index in [1.165, 1.54) is 17.9 Å². The minimum absolute atomic E-state index is 0.197. The van der Waals surface area contributed by atoms with Crippen LogP contribution in [0.5, 0.6) is 0 Å². The van der Waals surface area contributed by atoms with Gasteiger partial charge in [-0.2, -0.15) is 5.10 Å². The van der Waals surface area contributed by atoms with Gasteiger partial charge in [0.2, 0.25) is 0 Å². The van der Waals surface area contributed by atoms with Gasteiger partial charge in [0.25, 0.3) is 0 Å². The van der Waals surface area contributed by atoms with Crippen molar-refractivity contribution >= 4 is 0 Å². The van der Waals surface area contributed by atoms with Crippen molar-refractivity contribution < 1.29 is 25.2 Å². The zero-order chi connectivity index (χ0) is 12.6. The first-order chi connectivity index (χ1) is 8.04. The van der Waals surface area contributed by atoms with Gasteiger partial charge in [0.1, 0.15) is 30.7 Å². The van der Waals surface area contributed by atoms with Crippen molar-refractivity contribution in [2.45, 2.75) is 37.6 Å². The van der Waals surface area contributed by atoms with Crippen LogP contribution in [0.15, 0.2) is 6.33 Å². The van der Waals surface area contributed by atoms with E-state index in [0.29, 0.717) is 0 Å². The highest BCUT2D eigenvalue weighted by Crippen LogP contribution is 2.28. The topological polar surface area (TPSA) is 121 Å². The molecule has 0 radical (unpaired) electrons. The maximum atomic E-state index is 9.72. The molecule has 17 heavy (non-hydrogen) atoms. The van der Waals surface area contributed by atoms with Gasteiger partial charge in [-0.05, 0) is 6.92 Å². The third-order valence-electron chi connectivity index (χ3n) is 2.68. The molecule has 2 unspecified atom stereocenters. The van der Waals surface area contributed by atoms with Crippen LogP contribution in [-0.2, 0) is 4.74 Å². The molecule has 4 N–H and O–H groups in total. The van der Waals surface area contributed by atoms with Crippen molar-refractivity contribution in [1.82, 2.24) is 14.8 Å². The number of ether oxygens (including phenoxy) is 1. The molecule has 0 spiro atoms. The fraction of sp³-hybridized carbons (Fsp3) is 0.778. The Morgan fingerprint density at radius 2 is 2.18 bits per heavy atom. The molecule has 1 aliphatic rings. The summed E-state index contributed by atoms with van der Waals surface area (Å²) in [5, 5.41) is 41.4. The van der Waals surface area contributed by atoms with Crippen LogP contribution in [0.4, 0.5) is 0 Å². The van der Waals surface area contributed by atoms with Crippen molar-refractivity contribution in [3.05, 3.63) is 12.2 Å². The minimum Gasteiger partial charge on any atom is -0.394 e. The summed E-state index contributed by atoms with van der Waals surface area (Å²) in [7, 11) is 0. The van der Waals surface area contributed by atoms with Crippen molar-refractivity contribution in [3.63, 3.8) is 0 Å². The van der Waals surface area contributed by atoms with Crippen LogP contribution in [0.1, 0.15) is 25.1 Å². The Morgan fingerprint density at radius 1 is 1.47 bits per heavy atom. The SMILES string of the molecule is CC(O)c1ncn([C@@H]2O[C@H](CO)[C@H](O)C2O)n1. The maximum Gasteiger partial charge on any atom is 0.180 e. The van der Waals surface area contributed by atoms with Crippen molar-refractivity contribution in [2.24, 2.45) is 0 Å². The largest absolute Gasteiger partial charge is 0.394 e. The van der Waals surface area contributed by atoms with E-state index < -0.39 is 37.3 Å². The number of hydrogen-bond donors (Lipinski definition) is 4. The number of rotatable bonds is 3. The molecule has 2 heterocycles. The summed E-state index contributed by atoms with van der Waals surface area (Å²) >= 11 is 0. The second kappa shape index (κ2) is 4.67. The molecular weight excluding hydrogens is 230 g/mol. The van der Waals surface area contributed by atoms with E-state index in [2.05, 4.69) is 10.1 Å². The average molecular weight is 245 g/mol. The molecule has 96 valence electrons. The normalized spacial score (nSPS) is 35.1. The lowest BCUT2D eigenvalue weighted by Crippen LogP contribution is -2.33. The summed E-state index contributed by atoms with van der Waals surface area (Å²) in [4.78, 5) is 3.84. The Labute approximate surface area is 97.1 Å². The Kier molecular flexibility index (Phi) is 3.40. The molecule has 1 aromatic heterocycles. The summed E-state index contributed by atoms with van der Waals surface area (Å²) in [6.07, 6.45) is -3.67. The van der Waals surface area contributed by atoms with Gasteiger partial charge in [-0.1, -0.05) is 0 Å². The molecule has 1 aliphatic heterocycles. The van der Waals surface area contributed by atoms with Crippen molar-refractivity contribution in [3.8, 4) is 0 Å². The number of hydrogen-bond acceptors (Lipinski definition) is 7. The van der Waals surface area contributed by atoms with E-state index in [-0.39, 0.29) is 5.82 Å². The molecule has 1 fully saturated rings. The monoisotopic (exact) mass is 245 g/mol. The molecule has 1 aromatic rings. The standard InChI is InChI=1S/C9H15N3O5/c1-4(14)8-10-3-12(11-8)9-7(16)6(15)5(2-13)17-9/h3-7,9,13-16H,2H2,1H3/t4?,5-,6+,7?,9-/m1/s1. The van der Waals surface area contributed by atoms with Gasteiger partial charge in [-0.3, -0.25) is 0 Å². The van der Waals surface area contributed by atoms with E-state index in [4.69, 9.17) is 9.84 Å². The van der Waals surface area contributed by atoms with E-state index in [1.807, 2.05) is 0 Å². The van der Waals surface area contributed by atoms with Gasteiger partial charge in [-0.25, -0.2) is 9.67 Å². The summed E-state index contributed by atoms with van der Waals surface area (Å²) < 4.78 is 6.46. The van der Waals surface area contributed by atoms with Crippen LogP contribution in [0.25, 0.3) is 0 Å². The highest BCUT2D eigenvalue weighted by atomic mass is 16.6. The van der Waals surface area contributed by atoms with Crippen LogP contribution in [0.3, 0.4) is 0 Å². The lowest BCUT2D eigenvalue weighted by Gasteiger charge is -2.14. The van der Waals surface area contributed by atoms with Crippen LogP contribution in [0.2, 0.25) is 0 Å². The molecule has 0 aromatic carbocycles. The Bertz CT molecular complexity index is 382. The second-order valence-electron chi connectivity index (χ2n) is 3.99. The number of nitrogens with zero attached hydrogens (tertiary/aromatic N) is 3. The van der Waals surface area contributed by atoms with Gasteiger partial charge in [0, 0.05) is 0 Å². The van der Waals surface area contributed by atoms with Gasteiger partial charge < -0.3 is 25.2 Å². The fourth-order valence-electron chi connectivity index (χ4n) is 1.70. The molecule has 1 saturated heterocycles. The van der Waals surface area contributed by atoms with Crippen LogP contribution in [-0.4, -0.2) is 60.1 Å². The Hall–Kier alpha value is -1.06. The number of aromatic nitrogens is 3. The quantitative estimate of drug-likeness (QED) is 0.483. The van der Waals surface area contributed by atoms with E-state index in [9.17, 15) is 15.3 Å².